The van der Waals surface area contributed by atoms with E-state index in [4.69, 9.17) is 5.73 Å². The van der Waals surface area contributed by atoms with E-state index in [1.807, 2.05) is 36.8 Å². The lowest BCUT2D eigenvalue weighted by molar-refractivity contribution is 0.801. The first-order chi connectivity index (χ1) is 11.0. The van der Waals surface area contributed by atoms with Crippen molar-refractivity contribution in [3.63, 3.8) is 0 Å². The third-order valence-electron chi connectivity index (χ3n) is 4.24. The van der Waals surface area contributed by atoms with Crippen molar-refractivity contribution in [1.82, 2.24) is 9.55 Å². The molecule has 1 aromatic carbocycles. The molecule has 122 valence electrons. The maximum atomic E-state index is 6.01. The molecule has 0 aliphatic heterocycles. The molecular weight excluding hydrogens is 288 g/mol. The Morgan fingerprint density at radius 1 is 1.35 bits per heavy atom. The number of anilines is 2. The Morgan fingerprint density at radius 3 is 2.87 bits per heavy atom. The molecule has 2 aromatic rings. The van der Waals surface area contributed by atoms with Crippen molar-refractivity contribution >= 4 is 17.6 Å². The molecule has 0 spiro atoms. The molecule has 0 radical (unpaired) electrons. The molecule has 0 bridgehead atoms. The zero-order valence-electron chi connectivity index (χ0n) is 14.0. The standard InChI is InChI=1S/C17H24N6/c1-22(2)17-20-11-15(23(17)3)10-19-16(18)21-14-8-7-12-5-4-6-13(12)9-14/h7-9,11H,4-6,10H2,1-3H3,(H3,18,19,21). The smallest absolute Gasteiger partial charge is 0.204 e. The summed E-state index contributed by atoms with van der Waals surface area (Å²) in [6.07, 6.45) is 5.43. The number of nitrogens with two attached hydrogens (primary N) is 1. The number of aliphatic imine (C=N–C) groups is 1. The van der Waals surface area contributed by atoms with Crippen molar-refractivity contribution in [2.24, 2.45) is 17.8 Å². The van der Waals surface area contributed by atoms with Gasteiger partial charge in [0.25, 0.3) is 0 Å². The van der Waals surface area contributed by atoms with E-state index >= 15 is 0 Å². The first kappa shape index (κ1) is 15.4. The Balaban J connectivity index is 1.66. The maximum absolute atomic E-state index is 6.01. The summed E-state index contributed by atoms with van der Waals surface area (Å²) >= 11 is 0. The van der Waals surface area contributed by atoms with Crippen molar-refractivity contribution in [3.05, 3.63) is 41.2 Å². The number of fused-ring (bicyclic) bond motifs is 1. The second-order valence-electron chi connectivity index (χ2n) is 6.17. The van der Waals surface area contributed by atoms with Gasteiger partial charge in [-0.15, -0.1) is 0 Å². The number of nitrogens with zero attached hydrogens (tertiary/aromatic N) is 4. The number of aromatic nitrogens is 2. The number of benzene rings is 1. The highest BCUT2D eigenvalue weighted by Gasteiger charge is 2.11. The summed E-state index contributed by atoms with van der Waals surface area (Å²) in [5.41, 5.74) is 10.9. The molecular formula is C17H24N6. The summed E-state index contributed by atoms with van der Waals surface area (Å²) in [6, 6.07) is 6.43. The summed E-state index contributed by atoms with van der Waals surface area (Å²) < 4.78 is 2.02. The van der Waals surface area contributed by atoms with Gasteiger partial charge in [-0.25, -0.2) is 9.98 Å². The average molecular weight is 312 g/mol. The largest absolute Gasteiger partial charge is 0.370 e. The second-order valence-corrected chi connectivity index (χ2v) is 6.17. The van der Waals surface area contributed by atoms with Gasteiger partial charge < -0.3 is 20.5 Å². The molecule has 0 amide bonds. The van der Waals surface area contributed by atoms with Crippen LogP contribution in [0.1, 0.15) is 23.2 Å². The van der Waals surface area contributed by atoms with Gasteiger partial charge >= 0.3 is 0 Å². The number of hydrogen-bond acceptors (Lipinski definition) is 3. The molecule has 1 aromatic heterocycles. The fraction of sp³-hybridized carbons (Fsp3) is 0.412. The normalized spacial score (nSPS) is 14.0. The molecule has 6 heteroatoms. The van der Waals surface area contributed by atoms with Gasteiger partial charge in [0.1, 0.15) is 0 Å². The highest BCUT2D eigenvalue weighted by atomic mass is 15.3. The van der Waals surface area contributed by atoms with E-state index in [9.17, 15) is 0 Å². The molecule has 3 N–H and O–H groups in total. The van der Waals surface area contributed by atoms with Gasteiger partial charge in [0.15, 0.2) is 5.96 Å². The van der Waals surface area contributed by atoms with Crippen LogP contribution in [0.15, 0.2) is 29.4 Å². The first-order valence-electron chi connectivity index (χ1n) is 7.91. The highest BCUT2D eigenvalue weighted by molar-refractivity contribution is 5.92. The summed E-state index contributed by atoms with van der Waals surface area (Å²) in [5.74, 6) is 1.33. The van der Waals surface area contributed by atoms with Gasteiger partial charge in [-0.2, -0.15) is 0 Å². The van der Waals surface area contributed by atoms with Crippen molar-refractivity contribution in [3.8, 4) is 0 Å². The van der Waals surface area contributed by atoms with Gasteiger partial charge in [0.05, 0.1) is 18.4 Å². The van der Waals surface area contributed by atoms with Crippen molar-refractivity contribution in [2.75, 3.05) is 24.3 Å². The summed E-state index contributed by atoms with van der Waals surface area (Å²) in [7, 11) is 5.93. The molecule has 3 rings (SSSR count). The van der Waals surface area contributed by atoms with E-state index in [1.54, 1.807) is 0 Å². The predicted molar refractivity (Wildman–Crippen MR) is 95.0 cm³/mol. The quantitative estimate of drug-likeness (QED) is 0.668. The lowest BCUT2D eigenvalue weighted by atomic mass is 10.1. The minimum atomic E-state index is 0.426. The zero-order valence-corrected chi connectivity index (χ0v) is 14.0. The minimum absolute atomic E-state index is 0.426. The Labute approximate surface area is 137 Å². The first-order valence-corrected chi connectivity index (χ1v) is 7.91. The minimum Gasteiger partial charge on any atom is -0.370 e. The molecule has 0 atom stereocenters. The van der Waals surface area contributed by atoms with Gasteiger partial charge in [0, 0.05) is 26.8 Å². The van der Waals surface area contributed by atoms with Crippen LogP contribution in [0, 0.1) is 0 Å². The van der Waals surface area contributed by atoms with Crippen LogP contribution in [0.25, 0.3) is 0 Å². The Hall–Kier alpha value is -2.50. The molecule has 1 aliphatic carbocycles. The number of rotatable bonds is 4. The predicted octanol–water partition coefficient (Wildman–Crippen LogP) is 1.90. The van der Waals surface area contributed by atoms with Crippen LogP contribution in [-0.2, 0) is 26.4 Å². The Kier molecular flexibility index (Phi) is 4.23. The number of hydrogen-bond donors (Lipinski definition) is 2. The molecule has 0 fully saturated rings. The summed E-state index contributed by atoms with van der Waals surface area (Å²) in [6.45, 7) is 0.501. The highest BCUT2D eigenvalue weighted by Crippen LogP contribution is 2.24. The van der Waals surface area contributed by atoms with E-state index in [0.717, 1.165) is 23.8 Å². The molecule has 0 saturated carbocycles. The number of imidazole rings is 1. The molecule has 1 heterocycles. The van der Waals surface area contributed by atoms with Gasteiger partial charge in [-0.05, 0) is 42.5 Å². The molecule has 23 heavy (non-hydrogen) atoms. The number of nitrogens with one attached hydrogen (secondary N) is 1. The van der Waals surface area contributed by atoms with Crippen LogP contribution in [0.4, 0.5) is 11.6 Å². The lowest BCUT2D eigenvalue weighted by Gasteiger charge is -2.12. The molecule has 0 saturated heterocycles. The zero-order chi connectivity index (χ0) is 16.4. The van der Waals surface area contributed by atoms with Crippen LogP contribution >= 0.6 is 0 Å². The van der Waals surface area contributed by atoms with Crippen LogP contribution in [0.5, 0.6) is 0 Å². The second kappa shape index (κ2) is 6.32. The maximum Gasteiger partial charge on any atom is 0.204 e. The van der Waals surface area contributed by atoms with Crippen LogP contribution in [-0.4, -0.2) is 29.6 Å². The molecule has 1 aliphatic rings. The van der Waals surface area contributed by atoms with E-state index in [-0.39, 0.29) is 0 Å². The van der Waals surface area contributed by atoms with E-state index in [0.29, 0.717) is 12.5 Å². The monoisotopic (exact) mass is 312 g/mol. The van der Waals surface area contributed by atoms with Crippen molar-refractivity contribution in [1.29, 1.82) is 0 Å². The third-order valence-corrected chi connectivity index (χ3v) is 4.24. The van der Waals surface area contributed by atoms with Crippen LogP contribution in [0.3, 0.4) is 0 Å². The number of aryl methyl sites for hydroxylation is 2. The topological polar surface area (TPSA) is 71.5 Å². The number of guanidine groups is 1. The molecule has 0 unspecified atom stereocenters. The Morgan fingerprint density at radius 2 is 2.13 bits per heavy atom. The fourth-order valence-corrected chi connectivity index (χ4v) is 3.00. The van der Waals surface area contributed by atoms with Gasteiger partial charge in [-0.1, -0.05) is 6.07 Å². The fourth-order valence-electron chi connectivity index (χ4n) is 3.00. The van der Waals surface area contributed by atoms with Crippen molar-refractivity contribution < 1.29 is 0 Å². The van der Waals surface area contributed by atoms with Crippen molar-refractivity contribution in [2.45, 2.75) is 25.8 Å². The molecule has 6 nitrogen and oxygen atoms in total. The SMILES string of the molecule is CN(C)c1ncc(CN=C(N)Nc2ccc3c(c2)CCC3)n1C. The average Bonchev–Trinajstić information content (AvgIpc) is 3.11. The lowest BCUT2D eigenvalue weighted by Crippen LogP contribution is -2.23. The summed E-state index contributed by atoms with van der Waals surface area (Å²) in [5, 5.41) is 3.18. The summed E-state index contributed by atoms with van der Waals surface area (Å²) in [4.78, 5) is 10.8. The third kappa shape index (κ3) is 3.31. The van der Waals surface area contributed by atoms with E-state index < -0.39 is 0 Å². The van der Waals surface area contributed by atoms with Crippen LogP contribution in [0.2, 0.25) is 0 Å². The van der Waals surface area contributed by atoms with Gasteiger partial charge in [-0.3, -0.25) is 0 Å². The van der Waals surface area contributed by atoms with Crippen LogP contribution < -0.4 is 16.0 Å². The van der Waals surface area contributed by atoms with E-state index in [2.05, 4.69) is 33.5 Å². The van der Waals surface area contributed by atoms with Gasteiger partial charge in [0.2, 0.25) is 5.95 Å². The Bertz CT molecular complexity index is 729. The van der Waals surface area contributed by atoms with E-state index in [1.165, 1.54) is 24.0 Å².